The van der Waals surface area contributed by atoms with Gasteiger partial charge < -0.3 is 5.11 Å². The van der Waals surface area contributed by atoms with E-state index < -0.39 is 0 Å². The van der Waals surface area contributed by atoms with E-state index in [4.69, 9.17) is 23.8 Å². The van der Waals surface area contributed by atoms with E-state index >= 15 is 0 Å². The maximum Gasteiger partial charge on any atom is 0.153 e. The summed E-state index contributed by atoms with van der Waals surface area (Å²) in [6.45, 7) is 1.77. The maximum atomic E-state index is 9.62. The van der Waals surface area contributed by atoms with Gasteiger partial charge in [0.25, 0.3) is 0 Å². The van der Waals surface area contributed by atoms with Crippen LogP contribution < -0.4 is 5.43 Å². The molecule has 6 heteroatoms. The molecule has 1 aromatic carbocycles. The summed E-state index contributed by atoms with van der Waals surface area (Å²) in [5.41, 5.74) is 3.91. The molecule has 0 unspecified atom stereocenters. The van der Waals surface area contributed by atoms with Crippen molar-refractivity contribution in [3.05, 3.63) is 28.8 Å². The highest BCUT2D eigenvalue weighted by Gasteiger charge is 2.05. The number of aromatic hydroxyl groups is 1. The third-order valence-corrected chi connectivity index (χ3v) is 3.14. The molecular weight excluding hydrogens is 264 g/mol. The van der Waals surface area contributed by atoms with Crippen molar-refractivity contribution in [2.24, 2.45) is 5.10 Å². The number of phenolic OH excluding ortho intramolecular Hbond substituents is 1. The smallest absolute Gasteiger partial charge is 0.153 e. The van der Waals surface area contributed by atoms with Crippen LogP contribution >= 0.6 is 35.6 Å². The summed E-state index contributed by atoms with van der Waals surface area (Å²) in [5, 5.41) is 14.2. The molecule has 0 aromatic heterocycles. The molecule has 0 aliphatic carbocycles. The Balaban J connectivity index is 2.91. The van der Waals surface area contributed by atoms with Crippen molar-refractivity contribution in [2.75, 3.05) is 6.26 Å². The molecule has 0 spiro atoms. The zero-order valence-electron chi connectivity index (χ0n) is 8.82. The molecule has 0 aliphatic rings. The second kappa shape index (κ2) is 6.08. The minimum Gasteiger partial charge on any atom is -0.507 e. The molecule has 0 aliphatic heterocycles. The normalized spacial score (nSPS) is 11.3. The lowest BCUT2D eigenvalue weighted by Crippen LogP contribution is -2.13. The molecule has 3 nitrogen and oxygen atoms in total. The SMILES string of the molecule is CSC(=S)N/N=C(\C)c1cc(Cl)ccc1O. The van der Waals surface area contributed by atoms with Gasteiger partial charge in [-0.25, -0.2) is 0 Å². The molecule has 86 valence electrons. The van der Waals surface area contributed by atoms with Gasteiger partial charge in [0.15, 0.2) is 4.32 Å². The van der Waals surface area contributed by atoms with Crippen LogP contribution in [0.4, 0.5) is 0 Å². The molecule has 0 saturated heterocycles. The van der Waals surface area contributed by atoms with Crippen molar-refractivity contribution in [1.29, 1.82) is 0 Å². The van der Waals surface area contributed by atoms with E-state index in [1.807, 2.05) is 6.26 Å². The molecule has 0 atom stereocenters. The lowest BCUT2D eigenvalue weighted by Gasteiger charge is -2.05. The van der Waals surface area contributed by atoms with Gasteiger partial charge in [0.2, 0.25) is 0 Å². The summed E-state index contributed by atoms with van der Waals surface area (Å²) in [4.78, 5) is 0. The van der Waals surface area contributed by atoms with Crippen LogP contribution in [0.5, 0.6) is 5.75 Å². The number of benzene rings is 1. The summed E-state index contributed by atoms with van der Waals surface area (Å²) in [6.07, 6.45) is 1.86. The number of hydrogen-bond donors (Lipinski definition) is 2. The highest BCUT2D eigenvalue weighted by atomic mass is 35.5. The van der Waals surface area contributed by atoms with Crippen molar-refractivity contribution in [3.63, 3.8) is 0 Å². The van der Waals surface area contributed by atoms with Gasteiger partial charge in [0.05, 0.1) is 5.71 Å². The summed E-state index contributed by atoms with van der Waals surface area (Å²) >= 11 is 12.2. The molecule has 1 rings (SSSR count). The Morgan fingerprint density at radius 3 is 2.88 bits per heavy atom. The predicted octanol–water partition coefficient (Wildman–Crippen LogP) is 3.01. The van der Waals surface area contributed by atoms with Gasteiger partial charge >= 0.3 is 0 Å². The van der Waals surface area contributed by atoms with Gasteiger partial charge in [0.1, 0.15) is 5.75 Å². The molecule has 0 saturated carbocycles. The second-order valence-electron chi connectivity index (χ2n) is 2.96. The van der Waals surface area contributed by atoms with Crippen LogP contribution in [-0.4, -0.2) is 21.4 Å². The number of hydrogen-bond acceptors (Lipinski definition) is 4. The highest BCUT2D eigenvalue weighted by Crippen LogP contribution is 2.21. The van der Waals surface area contributed by atoms with E-state index in [1.165, 1.54) is 17.8 Å². The first-order valence-electron chi connectivity index (χ1n) is 4.41. The molecule has 1 aromatic rings. The lowest BCUT2D eigenvalue weighted by molar-refractivity contribution is 0.474. The topological polar surface area (TPSA) is 44.6 Å². The van der Waals surface area contributed by atoms with Crippen LogP contribution in [0.1, 0.15) is 12.5 Å². The monoisotopic (exact) mass is 274 g/mol. The van der Waals surface area contributed by atoms with E-state index in [0.29, 0.717) is 20.6 Å². The van der Waals surface area contributed by atoms with Crippen molar-refractivity contribution in [3.8, 4) is 5.75 Å². The zero-order chi connectivity index (χ0) is 12.1. The Bertz CT molecular complexity index is 435. The Morgan fingerprint density at radius 2 is 2.25 bits per heavy atom. The van der Waals surface area contributed by atoms with Gasteiger partial charge in [-0.3, -0.25) is 5.43 Å². The average molecular weight is 275 g/mol. The Hall–Kier alpha value is -0.780. The van der Waals surface area contributed by atoms with Crippen molar-refractivity contribution < 1.29 is 5.11 Å². The number of nitrogens with one attached hydrogen (secondary N) is 1. The average Bonchev–Trinajstić information content (AvgIpc) is 2.28. The number of rotatable bonds is 2. The number of thioether (sulfide) groups is 1. The van der Waals surface area contributed by atoms with Gasteiger partial charge in [-0.2, -0.15) is 5.10 Å². The van der Waals surface area contributed by atoms with E-state index in [9.17, 15) is 5.11 Å². The highest BCUT2D eigenvalue weighted by molar-refractivity contribution is 8.22. The van der Waals surface area contributed by atoms with Crippen molar-refractivity contribution >= 4 is 45.6 Å². The van der Waals surface area contributed by atoms with Crippen LogP contribution in [0, 0.1) is 0 Å². The minimum absolute atomic E-state index is 0.141. The molecule has 0 radical (unpaired) electrons. The fourth-order valence-electron chi connectivity index (χ4n) is 1.03. The third-order valence-electron chi connectivity index (χ3n) is 1.85. The fourth-order valence-corrected chi connectivity index (χ4v) is 1.39. The molecule has 0 fully saturated rings. The molecule has 0 bridgehead atoms. The zero-order valence-corrected chi connectivity index (χ0v) is 11.2. The number of nitrogens with zero attached hydrogens (tertiary/aromatic N) is 1. The summed E-state index contributed by atoms with van der Waals surface area (Å²) < 4.78 is 0.570. The van der Waals surface area contributed by atoms with E-state index in [2.05, 4.69) is 10.5 Å². The number of hydrazone groups is 1. The van der Waals surface area contributed by atoms with Crippen molar-refractivity contribution in [2.45, 2.75) is 6.92 Å². The van der Waals surface area contributed by atoms with Gasteiger partial charge in [-0.05, 0) is 31.4 Å². The Kier molecular flexibility index (Phi) is 5.05. The number of halogens is 1. The van der Waals surface area contributed by atoms with E-state index in [1.54, 1.807) is 19.1 Å². The van der Waals surface area contributed by atoms with Crippen LogP contribution in [0.2, 0.25) is 5.02 Å². The van der Waals surface area contributed by atoms with Crippen LogP contribution in [0.25, 0.3) is 0 Å². The molecule has 16 heavy (non-hydrogen) atoms. The summed E-state index contributed by atoms with van der Waals surface area (Å²) in [7, 11) is 0. The summed E-state index contributed by atoms with van der Waals surface area (Å²) in [6, 6.07) is 4.80. The minimum atomic E-state index is 0.141. The molecule has 0 amide bonds. The van der Waals surface area contributed by atoms with Crippen LogP contribution in [0.3, 0.4) is 0 Å². The second-order valence-corrected chi connectivity index (χ2v) is 4.88. The number of phenols is 1. The quantitative estimate of drug-likeness (QED) is 0.494. The van der Waals surface area contributed by atoms with Gasteiger partial charge in [-0.1, -0.05) is 35.6 Å². The third kappa shape index (κ3) is 3.66. The predicted molar refractivity (Wildman–Crippen MR) is 74.6 cm³/mol. The maximum absolute atomic E-state index is 9.62. The van der Waals surface area contributed by atoms with E-state index in [-0.39, 0.29) is 5.75 Å². The van der Waals surface area contributed by atoms with Gasteiger partial charge in [0, 0.05) is 10.6 Å². The van der Waals surface area contributed by atoms with Crippen LogP contribution in [-0.2, 0) is 0 Å². The summed E-state index contributed by atoms with van der Waals surface area (Å²) in [5.74, 6) is 0.141. The fraction of sp³-hybridized carbons (Fsp3) is 0.200. The van der Waals surface area contributed by atoms with Gasteiger partial charge in [-0.15, -0.1) is 0 Å². The number of thiocarbonyl (C=S) groups is 1. The largest absolute Gasteiger partial charge is 0.507 e. The first-order chi connectivity index (χ1) is 7.54. The van der Waals surface area contributed by atoms with Crippen LogP contribution in [0.15, 0.2) is 23.3 Å². The standard InChI is InChI=1S/C10H11ClN2OS2/c1-6(12-13-10(15)16-2)8-5-7(11)3-4-9(8)14/h3-5,14H,1-2H3,(H,13,15)/b12-6+. The first kappa shape index (κ1) is 13.3. The van der Waals surface area contributed by atoms with Crippen molar-refractivity contribution in [1.82, 2.24) is 5.43 Å². The Morgan fingerprint density at radius 1 is 1.56 bits per heavy atom. The Labute approximate surface area is 109 Å². The molecule has 2 N–H and O–H groups in total. The molecule has 0 heterocycles. The van der Waals surface area contributed by atoms with E-state index in [0.717, 1.165) is 0 Å². The first-order valence-corrected chi connectivity index (χ1v) is 6.43. The lowest BCUT2D eigenvalue weighted by atomic mass is 10.1. The molecular formula is C10H11ClN2OS2.